The number of esters is 1. The highest BCUT2D eigenvalue weighted by atomic mass is 35.5. The Balaban J connectivity index is 1.58. The third kappa shape index (κ3) is 7.58. The molecular formula is C18H24ClNO3S. The number of benzene rings is 1. The fourth-order valence-corrected chi connectivity index (χ4v) is 3.65. The van der Waals surface area contributed by atoms with E-state index in [1.165, 1.54) is 12.8 Å². The molecule has 4 nitrogen and oxygen atoms in total. The van der Waals surface area contributed by atoms with Crippen LogP contribution in [0, 0.1) is 0 Å². The maximum Gasteiger partial charge on any atom is 0.307 e. The van der Waals surface area contributed by atoms with Gasteiger partial charge in [-0.25, -0.2) is 0 Å². The van der Waals surface area contributed by atoms with Crippen LogP contribution in [0.1, 0.15) is 44.9 Å². The van der Waals surface area contributed by atoms with E-state index >= 15 is 0 Å². The van der Waals surface area contributed by atoms with Crippen molar-refractivity contribution in [2.45, 2.75) is 55.9 Å². The van der Waals surface area contributed by atoms with Gasteiger partial charge in [-0.3, -0.25) is 9.59 Å². The highest BCUT2D eigenvalue weighted by molar-refractivity contribution is 7.99. The number of ether oxygens (including phenoxy) is 1. The lowest BCUT2D eigenvalue weighted by Crippen LogP contribution is -2.37. The predicted molar refractivity (Wildman–Crippen MR) is 97.4 cm³/mol. The summed E-state index contributed by atoms with van der Waals surface area (Å²) in [5.74, 6) is 0.0816. The van der Waals surface area contributed by atoms with Gasteiger partial charge in [0.2, 0.25) is 0 Å². The van der Waals surface area contributed by atoms with E-state index in [1.807, 2.05) is 24.3 Å². The van der Waals surface area contributed by atoms with Crippen LogP contribution in [-0.2, 0) is 14.3 Å². The van der Waals surface area contributed by atoms with Crippen LogP contribution >= 0.6 is 23.4 Å². The van der Waals surface area contributed by atoms with Crippen LogP contribution in [0.2, 0.25) is 5.02 Å². The first-order valence-electron chi connectivity index (χ1n) is 8.47. The summed E-state index contributed by atoms with van der Waals surface area (Å²) >= 11 is 7.39. The topological polar surface area (TPSA) is 55.4 Å². The van der Waals surface area contributed by atoms with Gasteiger partial charge in [0.05, 0.1) is 6.42 Å². The zero-order valence-electron chi connectivity index (χ0n) is 13.8. The Morgan fingerprint density at radius 1 is 1.12 bits per heavy atom. The molecule has 0 unspecified atom stereocenters. The highest BCUT2D eigenvalue weighted by Gasteiger charge is 2.15. The Bertz CT molecular complexity index is 528. The molecule has 132 valence electrons. The van der Waals surface area contributed by atoms with E-state index in [-0.39, 0.29) is 30.9 Å². The van der Waals surface area contributed by atoms with Gasteiger partial charge in [0, 0.05) is 21.7 Å². The summed E-state index contributed by atoms with van der Waals surface area (Å²) in [5, 5.41) is 3.66. The average molecular weight is 370 g/mol. The van der Waals surface area contributed by atoms with Crippen molar-refractivity contribution in [2.75, 3.05) is 12.4 Å². The minimum Gasteiger partial charge on any atom is -0.456 e. The summed E-state index contributed by atoms with van der Waals surface area (Å²) in [7, 11) is 0. The summed E-state index contributed by atoms with van der Waals surface area (Å²) in [6.45, 7) is -0.180. The standard InChI is InChI=1S/C18H24ClNO3S/c19-14-7-9-16(10-8-14)24-12-11-18(22)23-13-17(21)20-15-5-3-1-2-4-6-15/h7-10,15H,1-6,11-13H2,(H,20,21). The van der Waals surface area contributed by atoms with E-state index in [0.29, 0.717) is 10.8 Å². The smallest absolute Gasteiger partial charge is 0.307 e. The third-order valence-corrected chi connectivity index (χ3v) is 5.24. The maximum absolute atomic E-state index is 11.8. The van der Waals surface area contributed by atoms with Crippen LogP contribution < -0.4 is 5.32 Å². The van der Waals surface area contributed by atoms with Crippen LogP contribution in [0.5, 0.6) is 0 Å². The molecule has 0 aromatic heterocycles. The van der Waals surface area contributed by atoms with Crippen molar-refractivity contribution in [1.29, 1.82) is 0 Å². The molecule has 0 aliphatic heterocycles. The van der Waals surface area contributed by atoms with Crippen molar-refractivity contribution in [2.24, 2.45) is 0 Å². The van der Waals surface area contributed by atoms with Crippen molar-refractivity contribution >= 4 is 35.2 Å². The molecule has 1 N–H and O–H groups in total. The first-order valence-corrected chi connectivity index (χ1v) is 9.83. The van der Waals surface area contributed by atoms with Gasteiger partial charge in [0.15, 0.2) is 6.61 Å². The van der Waals surface area contributed by atoms with Gasteiger partial charge < -0.3 is 10.1 Å². The number of rotatable bonds is 7. The van der Waals surface area contributed by atoms with Gasteiger partial charge >= 0.3 is 5.97 Å². The van der Waals surface area contributed by atoms with Crippen LogP contribution in [-0.4, -0.2) is 30.3 Å². The van der Waals surface area contributed by atoms with Crippen molar-refractivity contribution in [3.05, 3.63) is 29.3 Å². The van der Waals surface area contributed by atoms with Crippen molar-refractivity contribution in [3.63, 3.8) is 0 Å². The Labute approximate surface area is 152 Å². The number of hydrogen-bond donors (Lipinski definition) is 1. The molecule has 1 aliphatic carbocycles. The molecule has 1 fully saturated rings. The Morgan fingerprint density at radius 3 is 2.46 bits per heavy atom. The number of amides is 1. The lowest BCUT2D eigenvalue weighted by molar-refractivity contribution is -0.148. The number of halogens is 1. The minimum absolute atomic E-state index is 0.180. The Kier molecular flexibility index (Phi) is 8.47. The molecule has 0 saturated heterocycles. The van der Waals surface area contributed by atoms with E-state index < -0.39 is 0 Å². The summed E-state index contributed by atoms with van der Waals surface area (Å²) < 4.78 is 5.05. The first kappa shape index (κ1) is 19.1. The molecule has 24 heavy (non-hydrogen) atoms. The van der Waals surface area contributed by atoms with Crippen molar-refractivity contribution in [1.82, 2.24) is 5.32 Å². The van der Waals surface area contributed by atoms with Crippen molar-refractivity contribution in [3.8, 4) is 0 Å². The second-order valence-electron chi connectivity index (χ2n) is 5.97. The van der Waals surface area contributed by atoms with Crippen LogP contribution in [0.3, 0.4) is 0 Å². The molecule has 0 heterocycles. The van der Waals surface area contributed by atoms with Crippen LogP contribution in [0.15, 0.2) is 29.2 Å². The lowest BCUT2D eigenvalue weighted by atomic mass is 10.1. The largest absolute Gasteiger partial charge is 0.456 e. The van der Waals surface area contributed by atoms with Gasteiger partial charge in [-0.15, -0.1) is 11.8 Å². The highest BCUT2D eigenvalue weighted by Crippen LogP contribution is 2.21. The van der Waals surface area contributed by atoms with Crippen molar-refractivity contribution < 1.29 is 14.3 Å². The molecule has 0 atom stereocenters. The summed E-state index contributed by atoms with van der Waals surface area (Å²) in [6.07, 6.45) is 7.14. The fraction of sp³-hybridized carbons (Fsp3) is 0.556. The molecule has 6 heteroatoms. The Hall–Kier alpha value is -1.20. The minimum atomic E-state index is -0.340. The molecule has 0 radical (unpaired) electrons. The molecule has 2 rings (SSSR count). The molecule has 0 bridgehead atoms. The SMILES string of the molecule is O=C(COC(=O)CCSc1ccc(Cl)cc1)NC1CCCCCC1. The van der Waals surface area contributed by atoms with E-state index in [4.69, 9.17) is 16.3 Å². The second-order valence-corrected chi connectivity index (χ2v) is 7.57. The average Bonchev–Trinajstić information content (AvgIpc) is 2.83. The fourth-order valence-electron chi connectivity index (χ4n) is 2.69. The zero-order valence-corrected chi connectivity index (χ0v) is 15.3. The number of carbonyl (C=O) groups is 2. The second kappa shape index (κ2) is 10.6. The molecule has 1 aliphatic rings. The van der Waals surface area contributed by atoms with Crippen LogP contribution in [0.4, 0.5) is 0 Å². The summed E-state index contributed by atoms with van der Waals surface area (Å²) in [5.41, 5.74) is 0. The molecule has 1 saturated carbocycles. The normalized spacial score (nSPS) is 15.5. The van der Waals surface area contributed by atoms with Gasteiger partial charge in [0.1, 0.15) is 0 Å². The zero-order chi connectivity index (χ0) is 17.2. The quantitative estimate of drug-likeness (QED) is 0.444. The van der Waals surface area contributed by atoms with E-state index in [1.54, 1.807) is 11.8 Å². The number of thioether (sulfide) groups is 1. The van der Waals surface area contributed by atoms with Gasteiger partial charge in [0.25, 0.3) is 5.91 Å². The van der Waals surface area contributed by atoms with Gasteiger partial charge in [-0.05, 0) is 37.1 Å². The van der Waals surface area contributed by atoms with E-state index in [9.17, 15) is 9.59 Å². The molecule has 1 aromatic rings. The monoisotopic (exact) mass is 369 g/mol. The number of hydrogen-bond acceptors (Lipinski definition) is 4. The predicted octanol–water partition coefficient (Wildman–Crippen LogP) is 4.20. The molecule has 1 amide bonds. The number of nitrogens with one attached hydrogen (secondary N) is 1. The number of carbonyl (C=O) groups excluding carboxylic acids is 2. The Morgan fingerprint density at radius 2 is 1.79 bits per heavy atom. The van der Waals surface area contributed by atoms with Gasteiger partial charge in [-0.1, -0.05) is 37.3 Å². The summed E-state index contributed by atoms with van der Waals surface area (Å²) in [4.78, 5) is 24.6. The maximum atomic E-state index is 11.8. The van der Waals surface area contributed by atoms with Gasteiger partial charge in [-0.2, -0.15) is 0 Å². The van der Waals surface area contributed by atoms with E-state index in [2.05, 4.69) is 5.32 Å². The molecule has 0 spiro atoms. The molecule has 1 aromatic carbocycles. The third-order valence-electron chi connectivity index (χ3n) is 3.97. The first-order chi connectivity index (χ1) is 11.6. The molecular weight excluding hydrogens is 346 g/mol. The lowest BCUT2D eigenvalue weighted by Gasteiger charge is -2.16. The van der Waals surface area contributed by atoms with E-state index in [0.717, 1.165) is 30.6 Å². The van der Waals surface area contributed by atoms with Crippen LogP contribution in [0.25, 0.3) is 0 Å². The summed E-state index contributed by atoms with van der Waals surface area (Å²) in [6, 6.07) is 7.70.